The predicted octanol–water partition coefficient (Wildman–Crippen LogP) is 4.78. The molecule has 1 aliphatic rings. The van der Waals surface area contributed by atoms with Crippen LogP contribution in [0, 0.1) is 5.92 Å². The first-order chi connectivity index (χ1) is 14.9. The number of amides is 1. The topological polar surface area (TPSA) is 54.0 Å². The van der Waals surface area contributed by atoms with E-state index in [1.807, 2.05) is 19.1 Å². The number of ether oxygens (including phenoxy) is 2. The zero-order valence-corrected chi connectivity index (χ0v) is 19.5. The molecule has 0 radical (unpaired) electrons. The molecular weight excluding hydrogens is 414 g/mol. The third-order valence-corrected chi connectivity index (χ3v) is 5.79. The second-order valence-corrected chi connectivity index (χ2v) is 8.52. The Hall–Kier alpha value is -2.44. The summed E-state index contributed by atoms with van der Waals surface area (Å²) in [7, 11) is 5.80. The van der Waals surface area contributed by atoms with Crippen LogP contribution in [-0.4, -0.2) is 58.3 Å². The van der Waals surface area contributed by atoms with Crippen LogP contribution in [0.15, 0.2) is 36.4 Å². The maximum absolute atomic E-state index is 12.7. The van der Waals surface area contributed by atoms with Gasteiger partial charge in [0.25, 0.3) is 5.91 Å². The first-order valence-electron chi connectivity index (χ1n) is 10.7. The first kappa shape index (κ1) is 23.2. The van der Waals surface area contributed by atoms with Crippen LogP contribution in [0.25, 0.3) is 0 Å². The van der Waals surface area contributed by atoms with Gasteiger partial charge in [-0.25, -0.2) is 0 Å². The maximum atomic E-state index is 12.7. The highest BCUT2D eigenvalue weighted by Crippen LogP contribution is 2.36. The largest absolute Gasteiger partial charge is 0.493 e. The van der Waals surface area contributed by atoms with Crippen molar-refractivity contribution in [2.75, 3.05) is 57.7 Å². The van der Waals surface area contributed by atoms with Crippen molar-refractivity contribution < 1.29 is 14.3 Å². The van der Waals surface area contributed by atoms with Crippen molar-refractivity contribution in [1.82, 2.24) is 4.90 Å². The summed E-state index contributed by atoms with van der Waals surface area (Å²) >= 11 is 6.29. The van der Waals surface area contributed by atoms with Crippen LogP contribution in [0.1, 0.15) is 30.1 Å². The minimum atomic E-state index is -0.250. The molecule has 0 unspecified atom stereocenters. The Morgan fingerprint density at radius 3 is 2.45 bits per heavy atom. The molecule has 1 fully saturated rings. The highest BCUT2D eigenvalue weighted by atomic mass is 35.5. The number of halogens is 1. The average molecular weight is 446 g/mol. The molecule has 1 amide bonds. The van der Waals surface area contributed by atoms with E-state index in [1.54, 1.807) is 12.1 Å². The number of piperidine rings is 1. The molecule has 1 aliphatic heterocycles. The lowest BCUT2D eigenvalue weighted by Crippen LogP contribution is -2.37. The Balaban J connectivity index is 1.62. The third kappa shape index (κ3) is 6.05. The molecule has 1 heterocycles. The summed E-state index contributed by atoms with van der Waals surface area (Å²) in [4.78, 5) is 17.4. The van der Waals surface area contributed by atoms with Gasteiger partial charge in [-0.05, 0) is 76.2 Å². The van der Waals surface area contributed by atoms with Crippen molar-refractivity contribution in [2.24, 2.45) is 5.92 Å². The molecule has 0 spiro atoms. The van der Waals surface area contributed by atoms with Gasteiger partial charge in [-0.15, -0.1) is 0 Å². The lowest BCUT2D eigenvalue weighted by molar-refractivity contribution is 0.102. The number of nitrogens with zero attached hydrogens (tertiary/aromatic N) is 2. The molecular formula is C24H32ClN3O3. The van der Waals surface area contributed by atoms with E-state index in [4.69, 9.17) is 21.1 Å². The van der Waals surface area contributed by atoms with E-state index in [9.17, 15) is 4.79 Å². The fourth-order valence-corrected chi connectivity index (χ4v) is 4.25. The van der Waals surface area contributed by atoms with Crippen molar-refractivity contribution in [3.8, 4) is 11.5 Å². The van der Waals surface area contributed by atoms with Crippen molar-refractivity contribution in [2.45, 2.75) is 19.8 Å². The molecule has 6 nitrogen and oxygen atoms in total. The zero-order valence-electron chi connectivity index (χ0n) is 18.8. The lowest BCUT2D eigenvalue weighted by atomic mass is 9.96. The summed E-state index contributed by atoms with van der Waals surface area (Å²) in [5.41, 5.74) is 2.34. The number of benzene rings is 2. The number of nitrogens with one attached hydrogen (secondary N) is 1. The molecule has 7 heteroatoms. The average Bonchev–Trinajstić information content (AvgIpc) is 2.75. The number of carbonyl (C=O) groups is 1. The Bertz CT molecular complexity index is 878. The molecule has 168 valence electrons. The van der Waals surface area contributed by atoms with Gasteiger partial charge >= 0.3 is 0 Å². The van der Waals surface area contributed by atoms with Crippen molar-refractivity contribution in [3.63, 3.8) is 0 Å². The van der Waals surface area contributed by atoms with E-state index in [0.29, 0.717) is 28.7 Å². The van der Waals surface area contributed by atoms with Gasteiger partial charge in [-0.2, -0.15) is 0 Å². The molecule has 1 N–H and O–H groups in total. The van der Waals surface area contributed by atoms with Crippen LogP contribution in [0.4, 0.5) is 11.4 Å². The van der Waals surface area contributed by atoms with Gasteiger partial charge in [-0.1, -0.05) is 11.6 Å². The van der Waals surface area contributed by atoms with Crippen molar-refractivity contribution in [1.29, 1.82) is 0 Å². The quantitative estimate of drug-likeness (QED) is 0.633. The number of carbonyl (C=O) groups excluding carboxylic acids is 1. The third-order valence-electron chi connectivity index (χ3n) is 5.51. The van der Waals surface area contributed by atoms with Gasteiger partial charge in [0.05, 0.1) is 18.7 Å². The summed E-state index contributed by atoms with van der Waals surface area (Å²) in [6, 6.07) is 11.2. The highest BCUT2D eigenvalue weighted by molar-refractivity contribution is 6.32. The minimum Gasteiger partial charge on any atom is -0.493 e. The Kier molecular flexibility index (Phi) is 8.04. The maximum Gasteiger partial charge on any atom is 0.255 e. The molecule has 31 heavy (non-hydrogen) atoms. The number of anilines is 2. The zero-order chi connectivity index (χ0) is 22.4. The van der Waals surface area contributed by atoms with Crippen LogP contribution >= 0.6 is 11.6 Å². The number of hydrogen-bond donors (Lipinski definition) is 1. The lowest BCUT2D eigenvalue weighted by Gasteiger charge is -2.34. The Morgan fingerprint density at radius 1 is 1.19 bits per heavy atom. The van der Waals surface area contributed by atoms with Crippen LogP contribution in [-0.2, 0) is 0 Å². The fraction of sp³-hybridized carbons (Fsp3) is 0.458. The van der Waals surface area contributed by atoms with E-state index in [-0.39, 0.29) is 5.91 Å². The van der Waals surface area contributed by atoms with Crippen LogP contribution in [0.5, 0.6) is 11.5 Å². The van der Waals surface area contributed by atoms with Gasteiger partial charge in [0.15, 0.2) is 11.5 Å². The summed E-state index contributed by atoms with van der Waals surface area (Å²) in [5.74, 6) is 1.40. The Labute approximate surface area is 190 Å². The molecule has 0 aliphatic carbocycles. The van der Waals surface area contributed by atoms with E-state index in [1.165, 1.54) is 25.6 Å². The smallest absolute Gasteiger partial charge is 0.255 e. The molecule has 3 rings (SSSR count). The summed E-state index contributed by atoms with van der Waals surface area (Å²) in [6.45, 7) is 5.61. The van der Waals surface area contributed by atoms with Crippen molar-refractivity contribution >= 4 is 28.9 Å². The molecule has 2 aromatic carbocycles. The standard InChI is InChI=1S/C24H32ClN3O3/c1-5-31-23-21(25)14-18(15-22(23)30-4)24(29)26-19-6-8-20(9-7-19)28-12-10-17(11-13-28)16-27(2)3/h6-9,14-15,17H,5,10-13,16H2,1-4H3,(H,26,29). The van der Waals surface area contributed by atoms with E-state index in [0.717, 1.165) is 31.2 Å². The monoisotopic (exact) mass is 445 g/mol. The molecule has 1 saturated heterocycles. The predicted molar refractivity (Wildman–Crippen MR) is 127 cm³/mol. The van der Waals surface area contributed by atoms with Crippen molar-refractivity contribution in [3.05, 3.63) is 47.0 Å². The van der Waals surface area contributed by atoms with E-state index >= 15 is 0 Å². The SMILES string of the molecule is CCOc1c(Cl)cc(C(=O)Nc2ccc(N3CCC(CN(C)C)CC3)cc2)cc1OC. The van der Waals surface area contributed by atoms with Crippen LogP contribution in [0.3, 0.4) is 0 Å². The van der Waals surface area contributed by atoms with Gasteiger partial charge < -0.3 is 24.6 Å². The van der Waals surface area contributed by atoms with Gasteiger partial charge in [0, 0.05) is 36.6 Å². The van der Waals surface area contributed by atoms with Gasteiger partial charge in [-0.3, -0.25) is 4.79 Å². The number of hydrogen-bond acceptors (Lipinski definition) is 5. The summed E-state index contributed by atoms with van der Waals surface area (Å²) < 4.78 is 10.8. The molecule has 0 bridgehead atoms. The summed E-state index contributed by atoms with van der Waals surface area (Å²) in [6.07, 6.45) is 2.41. The highest BCUT2D eigenvalue weighted by Gasteiger charge is 2.20. The van der Waals surface area contributed by atoms with Gasteiger partial charge in [0.1, 0.15) is 0 Å². The molecule has 2 aromatic rings. The molecule has 0 atom stereocenters. The second kappa shape index (κ2) is 10.7. The first-order valence-corrected chi connectivity index (χ1v) is 11.1. The fourth-order valence-electron chi connectivity index (χ4n) is 3.98. The van der Waals surface area contributed by atoms with Crippen LogP contribution < -0.4 is 19.7 Å². The molecule has 0 saturated carbocycles. The normalized spacial score (nSPS) is 14.6. The van der Waals surface area contributed by atoms with Crippen LogP contribution in [0.2, 0.25) is 5.02 Å². The second-order valence-electron chi connectivity index (χ2n) is 8.12. The minimum absolute atomic E-state index is 0.250. The molecule has 0 aromatic heterocycles. The Morgan fingerprint density at radius 2 is 1.87 bits per heavy atom. The number of methoxy groups -OCH3 is 1. The number of rotatable bonds is 8. The summed E-state index contributed by atoms with van der Waals surface area (Å²) in [5, 5.41) is 3.28. The van der Waals surface area contributed by atoms with Gasteiger partial charge in [0.2, 0.25) is 0 Å². The van der Waals surface area contributed by atoms with E-state index in [2.05, 4.69) is 41.3 Å². The van der Waals surface area contributed by atoms with E-state index < -0.39 is 0 Å².